The highest BCUT2D eigenvalue weighted by Gasteiger charge is 2.17. The van der Waals surface area contributed by atoms with Gasteiger partial charge in [-0.25, -0.2) is 0 Å². The molecule has 3 heteroatoms. The molecule has 0 unspecified atom stereocenters. The fraction of sp³-hybridized carbons (Fsp3) is 0. The largest absolute Gasteiger partial charge is 0.398 e. The summed E-state index contributed by atoms with van der Waals surface area (Å²) >= 11 is 2.30. The van der Waals surface area contributed by atoms with Crippen LogP contribution in [0.5, 0.6) is 0 Å². The number of hydrogen-bond donors (Lipinski definition) is 1. The highest BCUT2D eigenvalue weighted by Crippen LogP contribution is 2.41. The fourth-order valence-corrected chi connectivity index (χ4v) is 4.56. The van der Waals surface area contributed by atoms with Crippen molar-refractivity contribution in [2.75, 3.05) is 5.73 Å². The van der Waals surface area contributed by atoms with Gasteiger partial charge in [0.05, 0.1) is 0 Å². The van der Waals surface area contributed by atoms with Gasteiger partial charge < -0.3 is 5.73 Å². The van der Waals surface area contributed by atoms with Crippen molar-refractivity contribution in [3.05, 3.63) is 58.2 Å². The number of nitrogens with two attached hydrogens (primary N) is 1. The predicted octanol–water partition coefficient (Wildman–Crippen LogP) is 4.72. The monoisotopic (exact) mass is 403 g/mol. The normalized spacial score (nSPS) is 12.0. The van der Waals surface area contributed by atoms with E-state index in [2.05, 4.69) is 77.2 Å². The average molecular weight is 403 g/mol. The van der Waals surface area contributed by atoms with E-state index in [1.54, 1.807) is 0 Å². The summed E-state index contributed by atoms with van der Waals surface area (Å²) in [6, 6.07) is 19.3. The van der Waals surface area contributed by atoms with Crippen molar-refractivity contribution < 1.29 is 0 Å². The molecule has 0 bridgehead atoms. The van der Waals surface area contributed by atoms with Crippen molar-refractivity contribution in [2.45, 2.75) is 0 Å². The van der Waals surface area contributed by atoms with E-state index in [-0.39, 0.29) is 0 Å². The topological polar surface area (TPSA) is 26.0 Å². The Morgan fingerprint density at radius 2 is 1.26 bits per heavy atom. The van der Waals surface area contributed by atoms with Crippen LogP contribution < -0.4 is 11.2 Å². The minimum absolute atomic E-state index is 0.682. The van der Waals surface area contributed by atoms with E-state index < -0.39 is 0 Å². The van der Waals surface area contributed by atoms with Gasteiger partial charge in [-0.2, -0.15) is 0 Å². The van der Waals surface area contributed by atoms with Crippen LogP contribution in [-0.2, 0) is 0 Å². The van der Waals surface area contributed by atoms with E-state index in [1.807, 2.05) is 0 Å². The van der Waals surface area contributed by atoms with Crippen LogP contribution >= 0.6 is 22.6 Å². The van der Waals surface area contributed by atoms with Gasteiger partial charge in [-0.15, -0.1) is 0 Å². The van der Waals surface area contributed by atoms with Crippen molar-refractivity contribution in [3.63, 3.8) is 0 Å². The molecule has 0 aliphatic carbocycles. The molecule has 2 N–H and O–H groups in total. The summed E-state index contributed by atoms with van der Waals surface area (Å²) in [6.07, 6.45) is 0. The van der Waals surface area contributed by atoms with Crippen LogP contribution in [0.15, 0.2) is 54.6 Å². The maximum Gasteiger partial charge on any atom is 0.117 e. The van der Waals surface area contributed by atoms with Gasteiger partial charge in [-0.3, -0.25) is 0 Å². The standard InChI is InChI=1S/C20H11BIN/c21-18-17-13-8-2-5-10-4-1-6-11(15(10)13)12-7-3-9-14(16(12)17)19(22)20(18)23/h1-9H,23H2. The number of hydrogen-bond acceptors (Lipinski definition) is 1. The molecule has 23 heavy (non-hydrogen) atoms. The number of rotatable bonds is 0. The third-order valence-corrected chi connectivity index (χ3v) is 5.97. The summed E-state index contributed by atoms with van der Waals surface area (Å²) in [5.41, 5.74) is 7.69. The molecule has 5 aromatic rings. The van der Waals surface area contributed by atoms with Crippen LogP contribution in [0.4, 0.5) is 5.69 Å². The third kappa shape index (κ3) is 1.58. The molecule has 0 aromatic heterocycles. The Kier molecular flexibility index (Phi) is 2.63. The number of halogens is 1. The summed E-state index contributed by atoms with van der Waals surface area (Å²) in [6.45, 7) is 0. The van der Waals surface area contributed by atoms with E-state index in [1.165, 1.54) is 37.7 Å². The molecule has 0 atom stereocenters. The maximum absolute atomic E-state index is 6.47. The minimum atomic E-state index is 0.682. The molecule has 0 amide bonds. The molecular weight excluding hydrogens is 392 g/mol. The summed E-state index contributed by atoms with van der Waals surface area (Å²) in [5.74, 6) is 0. The lowest BCUT2D eigenvalue weighted by Crippen LogP contribution is -2.14. The summed E-state index contributed by atoms with van der Waals surface area (Å²) < 4.78 is 1.03. The molecule has 106 valence electrons. The molecule has 2 radical (unpaired) electrons. The molecule has 1 nitrogen and oxygen atoms in total. The van der Waals surface area contributed by atoms with Crippen molar-refractivity contribution in [1.82, 2.24) is 0 Å². The molecule has 0 saturated heterocycles. The highest BCUT2D eigenvalue weighted by molar-refractivity contribution is 14.1. The first kappa shape index (κ1) is 13.4. The summed E-state index contributed by atoms with van der Waals surface area (Å²) in [5, 5.41) is 9.68. The van der Waals surface area contributed by atoms with Crippen molar-refractivity contribution in [3.8, 4) is 0 Å². The van der Waals surface area contributed by atoms with Crippen molar-refractivity contribution in [1.29, 1.82) is 0 Å². The van der Waals surface area contributed by atoms with E-state index in [4.69, 9.17) is 13.6 Å². The van der Waals surface area contributed by atoms with Crippen LogP contribution in [0.2, 0.25) is 0 Å². The molecule has 0 aliphatic rings. The van der Waals surface area contributed by atoms with Crippen molar-refractivity contribution >= 4 is 84.7 Å². The second-order valence-electron chi connectivity index (χ2n) is 5.95. The molecule has 5 rings (SSSR count). The van der Waals surface area contributed by atoms with Gasteiger partial charge in [0.25, 0.3) is 0 Å². The Morgan fingerprint density at radius 3 is 2.00 bits per heavy atom. The second-order valence-corrected chi connectivity index (χ2v) is 7.03. The van der Waals surface area contributed by atoms with Crippen molar-refractivity contribution in [2.24, 2.45) is 0 Å². The van der Waals surface area contributed by atoms with Crippen LogP contribution in [-0.4, -0.2) is 7.85 Å². The Balaban J connectivity index is 2.32. The fourth-order valence-electron chi connectivity index (χ4n) is 3.82. The zero-order valence-corrected chi connectivity index (χ0v) is 14.4. The lowest BCUT2D eigenvalue weighted by atomic mass is 9.81. The number of nitrogen functional groups attached to an aromatic ring is 1. The first-order valence-electron chi connectivity index (χ1n) is 7.50. The molecule has 0 aliphatic heterocycles. The lowest BCUT2D eigenvalue weighted by molar-refractivity contribution is 1.75. The van der Waals surface area contributed by atoms with Gasteiger partial charge in [0.1, 0.15) is 7.85 Å². The zero-order chi connectivity index (χ0) is 15.7. The van der Waals surface area contributed by atoms with Crippen LogP contribution in [0, 0.1) is 3.57 Å². The number of anilines is 1. The Labute approximate surface area is 148 Å². The van der Waals surface area contributed by atoms with E-state index >= 15 is 0 Å². The minimum Gasteiger partial charge on any atom is -0.398 e. The number of benzene rings is 5. The van der Waals surface area contributed by atoms with Crippen LogP contribution in [0.1, 0.15) is 0 Å². The van der Waals surface area contributed by atoms with Gasteiger partial charge >= 0.3 is 0 Å². The molecule has 0 fully saturated rings. The third-order valence-electron chi connectivity index (χ3n) is 4.81. The maximum atomic E-state index is 6.47. The van der Waals surface area contributed by atoms with Gasteiger partial charge in [-0.05, 0) is 65.7 Å². The Bertz CT molecular complexity index is 1240. The highest BCUT2D eigenvalue weighted by atomic mass is 127. The molecule has 0 spiro atoms. The Morgan fingerprint density at radius 1 is 0.696 bits per heavy atom. The molecule has 0 heterocycles. The van der Waals surface area contributed by atoms with E-state index in [0.717, 1.165) is 8.96 Å². The summed E-state index contributed by atoms with van der Waals surface area (Å²) in [4.78, 5) is 0. The van der Waals surface area contributed by atoms with Gasteiger partial charge in [0.15, 0.2) is 0 Å². The molecule has 5 aromatic carbocycles. The Hall–Kier alpha value is -2.01. The predicted molar refractivity (Wildman–Crippen MR) is 110 cm³/mol. The van der Waals surface area contributed by atoms with Crippen LogP contribution in [0.3, 0.4) is 0 Å². The van der Waals surface area contributed by atoms with Gasteiger partial charge in [0, 0.05) is 9.26 Å². The smallest absolute Gasteiger partial charge is 0.117 e. The van der Waals surface area contributed by atoms with Gasteiger partial charge in [-0.1, -0.05) is 60.1 Å². The van der Waals surface area contributed by atoms with E-state index in [0.29, 0.717) is 11.2 Å². The molecule has 0 saturated carbocycles. The average Bonchev–Trinajstić information content (AvgIpc) is 2.59. The quantitative estimate of drug-likeness (QED) is 0.131. The summed E-state index contributed by atoms with van der Waals surface area (Å²) in [7, 11) is 6.47. The zero-order valence-electron chi connectivity index (χ0n) is 12.2. The molecular formula is C20H11BIN. The van der Waals surface area contributed by atoms with Crippen LogP contribution in [0.25, 0.3) is 43.1 Å². The second kappa shape index (κ2) is 4.51. The lowest BCUT2D eigenvalue weighted by Gasteiger charge is -2.19. The first-order chi connectivity index (χ1) is 11.2. The first-order valence-corrected chi connectivity index (χ1v) is 8.58. The SMILES string of the molecule is [B]c1c(N)c(I)c2cccc3c4cccc5cccc(c1c23)c54. The number of fused-ring (bicyclic) bond motifs is 2. The van der Waals surface area contributed by atoms with Gasteiger partial charge in [0.2, 0.25) is 0 Å². The van der Waals surface area contributed by atoms with E-state index in [9.17, 15) is 0 Å².